The van der Waals surface area contributed by atoms with Crippen molar-refractivity contribution in [2.45, 2.75) is 13.3 Å². The molecule has 5 nitrogen and oxygen atoms in total. The summed E-state index contributed by atoms with van der Waals surface area (Å²) >= 11 is 3.09. The monoisotopic (exact) mass is 332 g/mol. The van der Waals surface area contributed by atoms with Gasteiger partial charge in [-0.1, -0.05) is 5.16 Å². The van der Waals surface area contributed by atoms with Crippen LogP contribution >= 0.6 is 22.7 Å². The zero-order chi connectivity index (χ0) is 15.5. The van der Waals surface area contributed by atoms with E-state index in [0.29, 0.717) is 11.4 Å². The van der Waals surface area contributed by atoms with E-state index in [-0.39, 0.29) is 12.3 Å². The molecule has 7 heteroatoms. The number of thiophene rings is 2. The van der Waals surface area contributed by atoms with Gasteiger partial charge in [0.05, 0.1) is 6.42 Å². The molecule has 0 radical (unpaired) electrons. The fourth-order valence-electron chi connectivity index (χ4n) is 1.90. The van der Waals surface area contributed by atoms with Crippen molar-refractivity contribution in [2.24, 2.45) is 0 Å². The van der Waals surface area contributed by atoms with Crippen LogP contribution in [0, 0.1) is 6.92 Å². The lowest BCUT2D eigenvalue weighted by Crippen LogP contribution is -1.97. The topological polar surface area (TPSA) is 76.2 Å². The fourth-order valence-corrected chi connectivity index (χ4v) is 3.42. The highest BCUT2D eigenvalue weighted by Gasteiger charge is 2.16. The van der Waals surface area contributed by atoms with Crippen molar-refractivity contribution >= 4 is 40.3 Å². The second-order valence-corrected chi connectivity index (χ2v) is 6.37. The molecule has 0 amide bonds. The van der Waals surface area contributed by atoms with Crippen molar-refractivity contribution in [1.82, 2.24) is 10.1 Å². The lowest BCUT2D eigenvalue weighted by molar-refractivity contribution is -0.135. The maximum Gasteiger partial charge on any atom is 0.308 e. The Morgan fingerprint density at radius 1 is 1.41 bits per heavy atom. The Labute approximate surface area is 134 Å². The fraction of sp³-hybridized carbons (Fsp3) is 0.133. The maximum absolute atomic E-state index is 11.1. The number of carboxylic acid groups (broad SMARTS) is 1. The molecule has 0 aliphatic rings. The van der Waals surface area contributed by atoms with E-state index in [4.69, 9.17) is 9.63 Å². The number of carboxylic acids is 1. The first-order chi connectivity index (χ1) is 10.6. The third-order valence-electron chi connectivity index (χ3n) is 3.03. The molecule has 3 heterocycles. The Hall–Kier alpha value is -2.25. The van der Waals surface area contributed by atoms with Crippen molar-refractivity contribution in [3.63, 3.8) is 0 Å². The summed E-state index contributed by atoms with van der Waals surface area (Å²) in [5, 5.41) is 18.8. The van der Waals surface area contributed by atoms with Gasteiger partial charge in [-0.3, -0.25) is 4.79 Å². The van der Waals surface area contributed by atoms with Crippen LogP contribution < -0.4 is 0 Å². The van der Waals surface area contributed by atoms with Crippen molar-refractivity contribution in [3.05, 3.63) is 44.6 Å². The predicted octanol–water partition coefficient (Wildman–Crippen LogP) is 4.18. The highest BCUT2D eigenvalue weighted by molar-refractivity contribution is 7.11. The third kappa shape index (κ3) is 3.15. The normalized spacial score (nSPS) is 11.8. The molecule has 0 aliphatic carbocycles. The van der Waals surface area contributed by atoms with Gasteiger partial charge in [-0.15, -0.1) is 11.3 Å². The van der Waals surface area contributed by atoms with Gasteiger partial charge in [-0.05, 0) is 41.5 Å². The molecule has 0 aromatic carbocycles. The van der Waals surface area contributed by atoms with Gasteiger partial charge >= 0.3 is 5.97 Å². The smallest absolute Gasteiger partial charge is 0.308 e. The molecule has 3 aromatic heterocycles. The van der Waals surface area contributed by atoms with Crippen LogP contribution in [-0.2, 0) is 4.79 Å². The van der Waals surface area contributed by atoms with E-state index in [1.165, 1.54) is 11.3 Å². The van der Waals surface area contributed by atoms with Gasteiger partial charge in [-0.2, -0.15) is 16.3 Å². The SMILES string of the molecule is Cc1ccsc1/C=C(\CC(=O)O)c1nc(-c2ccsc2)no1. The first-order valence-corrected chi connectivity index (χ1v) is 8.29. The van der Waals surface area contributed by atoms with E-state index < -0.39 is 5.97 Å². The van der Waals surface area contributed by atoms with E-state index in [1.807, 2.05) is 35.2 Å². The van der Waals surface area contributed by atoms with Gasteiger partial charge in [-0.25, -0.2) is 0 Å². The largest absolute Gasteiger partial charge is 0.481 e. The maximum atomic E-state index is 11.1. The van der Waals surface area contributed by atoms with E-state index in [2.05, 4.69) is 10.1 Å². The van der Waals surface area contributed by atoms with E-state index in [0.717, 1.165) is 16.0 Å². The minimum absolute atomic E-state index is 0.164. The van der Waals surface area contributed by atoms with E-state index in [1.54, 1.807) is 17.4 Å². The summed E-state index contributed by atoms with van der Waals surface area (Å²) in [5.41, 5.74) is 2.46. The summed E-state index contributed by atoms with van der Waals surface area (Å²) in [4.78, 5) is 16.4. The van der Waals surface area contributed by atoms with Crippen LogP contribution in [0.3, 0.4) is 0 Å². The standard InChI is InChI=1S/C15H12N2O3S2/c1-9-2-5-22-12(9)6-11(7-13(18)19)15-16-14(17-20-15)10-3-4-21-8-10/h2-6,8H,7H2,1H3,(H,18,19)/b11-6+. The van der Waals surface area contributed by atoms with Crippen molar-refractivity contribution < 1.29 is 14.4 Å². The minimum Gasteiger partial charge on any atom is -0.481 e. The molecule has 0 unspecified atom stereocenters. The molecule has 3 rings (SSSR count). The average molecular weight is 332 g/mol. The van der Waals surface area contributed by atoms with Crippen LogP contribution in [0.25, 0.3) is 23.0 Å². The Bertz CT molecular complexity index is 816. The number of hydrogen-bond acceptors (Lipinski definition) is 6. The van der Waals surface area contributed by atoms with Crippen LogP contribution in [-0.4, -0.2) is 21.2 Å². The summed E-state index contributed by atoms with van der Waals surface area (Å²) in [6, 6.07) is 3.88. The summed E-state index contributed by atoms with van der Waals surface area (Å²) in [6.45, 7) is 1.98. The lowest BCUT2D eigenvalue weighted by atomic mass is 10.1. The summed E-state index contributed by atoms with van der Waals surface area (Å²) in [7, 11) is 0. The molecule has 1 N–H and O–H groups in total. The van der Waals surface area contributed by atoms with Crippen LogP contribution in [0.2, 0.25) is 0 Å². The molecule has 0 saturated carbocycles. The first kappa shape index (κ1) is 14.7. The van der Waals surface area contributed by atoms with Crippen molar-refractivity contribution in [2.75, 3.05) is 0 Å². The molecular weight excluding hydrogens is 320 g/mol. The minimum atomic E-state index is -0.934. The zero-order valence-corrected chi connectivity index (χ0v) is 13.3. The zero-order valence-electron chi connectivity index (χ0n) is 11.6. The van der Waals surface area contributed by atoms with E-state index >= 15 is 0 Å². The third-order valence-corrected chi connectivity index (χ3v) is 4.68. The summed E-state index contributed by atoms with van der Waals surface area (Å²) < 4.78 is 5.26. The van der Waals surface area contributed by atoms with Gasteiger partial charge < -0.3 is 9.63 Å². The molecule has 0 bridgehead atoms. The number of carbonyl (C=O) groups is 1. The quantitative estimate of drug-likeness (QED) is 0.758. The van der Waals surface area contributed by atoms with Gasteiger partial charge in [0.15, 0.2) is 0 Å². The Balaban J connectivity index is 1.98. The molecule has 0 aliphatic heterocycles. The van der Waals surface area contributed by atoms with Crippen LogP contribution in [0.1, 0.15) is 22.8 Å². The molecule has 0 spiro atoms. The molecule has 22 heavy (non-hydrogen) atoms. The Morgan fingerprint density at radius 2 is 2.27 bits per heavy atom. The second-order valence-electron chi connectivity index (χ2n) is 4.64. The van der Waals surface area contributed by atoms with Crippen molar-refractivity contribution in [1.29, 1.82) is 0 Å². The highest BCUT2D eigenvalue weighted by Crippen LogP contribution is 2.27. The molecule has 3 aromatic rings. The molecule has 112 valence electrons. The van der Waals surface area contributed by atoms with Crippen molar-refractivity contribution in [3.8, 4) is 11.4 Å². The number of aryl methyl sites for hydroxylation is 1. The summed E-state index contributed by atoms with van der Waals surface area (Å²) in [6.07, 6.45) is 1.64. The van der Waals surface area contributed by atoms with Crippen LogP contribution in [0.5, 0.6) is 0 Å². The average Bonchev–Trinajstić information content (AvgIpc) is 3.18. The number of nitrogens with zero attached hydrogens (tertiary/aromatic N) is 2. The first-order valence-electron chi connectivity index (χ1n) is 6.46. The highest BCUT2D eigenvalue weighted by atomic mass is 32.1. The second kappa shape index (κ2) is 6.25. The number of aromatic nitrogens is 2. The van der Waals surface area contributed by atoms with Gasteiger partial charge in [0.2, 0.25) is 5.82 Å². The van der Waals surface area contributed by atoms with Gasteiger partial charge in [0, 0.05) is 21.4 Å². The number of rotatable bonds is 5. The Kier molecular flexibility index (Phi) is 4.17. The molecule has 0 saturated heterocycles. The van der Waals surface area contributed by atoms with E-state index in [9.17, 15) is 4.79 Å². The van der Waals surface area contributed by atoms with Crippen LogP contribution in [0.4, 0.5) is 0 Å². The van der Waals surface area contributed by atoms with Gasteiger partial charge in [0.25, 0.3) is 5.89 Å². The van der Waals surface area contributed by atoms with Gasteiger partial charge in [0.1, 0.15) is 0 Å². The number of hydrogen-bond donors (Lipinski definition) is 1. The molecule has 0 atom stereocenters. The van der Waals surface area contributed by atoms with Crippen LogP contribution in [0.15, 0.2) is 32.8 Å². The predicted molar refractivity (Wildman–Crippen MR) is 86.8 cm³/mol. The molecule has 0 fully saturated rings. The Morgan fingerprint density at radius 3 is 2.91 bits per heavy atom. The molecular formula is C15H12N2O3S2. The summed E-state index contributed by atoms with van der Waals surface area (Å²) in [5.74, 6) is -0.220. The lowest BCUT2D eigenvalue weighted by Gasteiger charge is -1.99. The number of aliphatic carboxylic acids is 1.